The largest absolute Gasteiger partial charge is 0.458 e. The number of ether oxygens (including phenoxy) is 2. The van der Waals surface area contributed by atoms with Crippen LogP contribution in [-0.4, -0.2) is 6.71 Å². The minimum Gasteiger partial charge on any atom is -0.458 e. The van der Waals surface area contributed by atoms with Gasteiger partial charge in [0.2, 0.25) is 0 Å². The number of rotatable bonds is 2. The highest BCUT2D eigenvalue weighted by Gasteiger charge is 2.40. The van der Waals surface area contributed by atoms with Crippen molar-refractivity contribution in [3.63, 3.8) is 0 Å². The second-order valence-electron chi connectivity index (χ2n) is 11.4. The summed E-state index contributed by atoms with van der Waals surface area (Å²) in [4.78, 5) is 0. The standard InChI is InChI=1S/C39H25BO2/c1-24-20-37-39-38(21-24)42-36-23-28(32-15-7-11-26-9-3-5-13-30(26)32)17-19-34(36)40(39)33-18-16-27(22-35(33)41-37)31-14-6-10-25-8-2-4-12-29(25)31/h2-23H,1H3. The van der Waals surface area contributed by atoms with Crippen molar-refractivity contribution < 1.29 is 9.47 Å². The van der Waals surface area contributed by atoms with Crippen LogP contribution in [0.4, 0.5) is 0 Å². The van der Waals surface area contributed by atoms with Gasteiger partial charge < -0.3 is 9.47 Å². The molecular weight excluding hydrogens is 511 g/mol. The zero-order valence-electron chi connectivity index (χ0n) is 23.1. The molecule has 2 aliphatic rings. The summed E-state index contributed by atoms with van der Waals surface area (Å²) in [5, 5.41) is 4.96. The summed E-state index contributed by atoms with van der Waals surface area (Å²) in [5.74, 6) is 3.56. The molecule has 0 amide bonds. The Labute approximate surface area is 244 Å². The summed E-state index contributed by atoms with van der Waals surface area (Å²) >= 11 is 0. The fourth-order valence-corrected chi connectivity index (χ4v) is 6.91. The summed E-state index contributed by atoms with van der Waals surface area (Å²) in [5.41, 5.74) is 9.28. The van der Waals surface area contributed by atoms with Crippen LogP contribution in [0.2, 0.25) is 0 Å². The Morgan fingerprint density at radius 3 is 1.45 bits per heavy atom. The Hall–Kier alpha value is -5.28. The van der Waals surface area contributed by atoms with E-state index in [1.807, 2.05) is 0 Å². The molecule has 0 radical (unpaired) electrons. The zero-order valence-corrected chi connectivity index (χ0v) is 23.1. The van der Waals surface area contributed by atoms with Crippen LogP contribution < -0.4 is 25.9 Å². The summed E-state index contributed by atoms with van der Waals surface area (Å²) in [6.45, 7) is 2.13. The molecule has 0 atom stereocenters. The lowest BCUT2D eigenvalue weighted by molar-refractivity contribution is 0.464. The maximum Gasteiger partial charge on any atom is 0.260 e. The fraction of sp³-hybridized carbons (Fsp3) is 0.0256. The summed E-state index contributed by atoms with van der Waals surface area (Å²) in [6, 6.07) is 47.8. The van der Waals surface area contributed by atoms with E-state index in [0.29, 0.717) is 0 Å². The SMILES string of the molecule is Cc1cc2c3c(c1)Oc1cc(-c4cccc5ccccc45)ccc1B3c1ccc(-c3cccc4ccccc34)cc1O2. The zero-order chi connectivity index (χ0) is 27.8. The van der Waals surface area contributed by atoms with E-state index in [9.17, 15) is 0 Å². The van der Waals surface area contributed by atoms with Crippen molar-refractivity contribution in [3.8, 4) is 45.3 Å². The second-order valence-corrected chi connectivity index (χ2v) is 11.4. The minimum atomic E-state index is 0.0336. The number of aryl methyl sites for hydroxylation is 1. The minimum absolute atomic E-state index is 0.0336. The fourth-order valence-electron chi connectivity index (χ4n) is 6.91. The van der Waals surface area contributed by atoms with Crippen LogP contribution in [0.1, 0.15) is 5.56 Å². The molecule has 2 aliphatic heterocycles. The molecule has 0 aliphatic carbocycles. The third kappa shape index (κ3) is 3.47. The van der Waals surface area contributed by atoms with Crippen molar-refractivity contribution in [3.05, 3.63) is 139 Å². The monoisotopic (exact) mass is 536 g/mol. The number of fused-ring (bicyclic) bond motifs is 6. The Morgan fingerprint density at radius 2 is 0.929 bits per heavy atom. The number of hydrogen-bond donors (Lipinski definition) is 0. The summed E-state index contributed by atoms with van der Waals surface area (Å²) in [7, 11) is 0. The van der Waals surface area contributed by atoms with Crippen LogP contribution in [0.15, 0.2) is 133 Å². The smallest absolute Gasteiger partial charge is 0.260 e. The van der Waals surface area contributed by atoms with Gasteiger partial charge in [-0.3, -0.25) is 0 Å². The van der Waals surface area contributed by atoms with Crippen molar-refractivity contribution in [1.82, 2.24) is 0 Å². The number of benzene rings is 7. The lowest BCUT2D eigenvalue weighted by Crippen LogP contribution is -2.57. The van der Waals surface area contributed by atoms with Crippen molar-refractivity contribution in [2.24, 2.45) is 0 Å². The predicted octanol–water partition coefficient (Wildman–Crippen LogP) is 8.36. The lowest BCUT2D eigenvalue weighted by Gasteiger charge is -2.33. The molecule has 0 unspecified atom stereocenters. The molecule has 42 heavy (non-hydrogen) atoms. The van der Waals surface area contributed by atoms with Crippen molar-refractivity contribution in [2.75, 3.05) is 0 Å². The third-order valence-electron chi connectivity index (χ3n) is 8.83. The van der Waals surface area contributed by atoms with Gasteiger partial charge in [0.25, 0.3) is 6.71 Å². The first-order valence-corrected chi connectivity index (χ1v) is 14.5. The molecule has 0 N–H and O–H groups in total. The molecule has 0 fully saturated rings. The van der Waals surface area contributed by atoms with Crippen molar-refractivity contribution in [1.29, 1.82) is 0 Å². The molecule has 3 heteroatoms. The van der Waals surface area contributed by atoms with Gasteiger partial charge in [0.1, 0.15) is 23.0 Å². The predicted molar refractivity (Wildman–Crippen MR) is 175 cm³/mol. The lowest BCUT2D eigenvalue weighted by atomic mass is 9.34. The van der Waals surface area contributed by atoms with Crippen LogP contribution in [0, 0.1) is 6.92 Å². The van der Waals surface area contributed by atoms with Gasteiger partial charge in [-0.05, 0) is 91.5 Å². The van der Waals surface area contributed by atoms with Gasteiger partial charge in [0.05, 0.1) is 0 Å². The van der Waals surface area contributed by atoms with Gasteiger partial charge in [-0.1, -0.05) is 109 Å². The summed E-state index contributed by atoms with van der Waals surface area (Å²) in [6.07, 6.45) is 0. The Balaban J connectivity index is 1.22. The van der Waals surface area contributed by atoms with Crippen LogP contribution in [-0.2, 0) is 0 Å². The molecule has 196 valence electrons. The molecule has 2 nitrogen and oxygen atoms in total. The van der Waals surface area contributed by atoms with E-state index in [2.05, 4.69) is 140 Å². The van der Waals surface area contributed by atoms with Crippen molar-refractivity contribution in [2.45, 2.75) is 6.92 Å². The normalized spacial score (nSPS) is 12.7. The second kappa shape index (κ2) is 8.86. The average Bonchev–Trinajstić information content (AvgIpc) is 3.03. The molecule has 0 bridgehead atoms. The quantitative estimate of drug-likeness (QED) is 0.207. The van der Waals surface area contributed by atoms with Gasteiger partial charge in [-0.2, -0.15) is 0 Å². The Kier molecular flexibility index (Phi) is 4.94. The van der Waals surface area contributed by atoms with E-state index in [-0.39, 0.29) is 6.71 Å². The molecule has 9 rings (SSSR count). The third-order valence-corrected chi connectivity index (χ3v) is 8.83. The maximum atomic E-state index is 6.66. The molecular formula is C39H25BO2. The van der Waals surface area contributed by atoms with Gasteiger partial charge in [-0.25, -0.2) is 0 Å². The summed E-state index contributed by atoms with van der Waals surface area (Å²) < 4.78 is 13.3. The van der Waals surface area contributed by atoms with E-state index in [4.69, 9.17) is 9.47 Å². The van der Waals surface area contributed by atoms with Crippen LogP contribution in [0.5, 0.6) is 23.0 Å². The first kappa shape index (κ1) is 23.4. The van der Waals surface area contributed by atoms with E-state index in [0.717, 1.165) is 45.2 Å². The molecule has 0 spiro atoms. The van der Waals surface area contributed by atoms with Gasteiger partial charge in [0, 0.05) is 5.46 Å². The first-order chi connectivity index (χ1) is 20.7. The van der Waals surface area contributed by atoms with E-state index >= 15 is 0 Å². The van der Waals surface area contributed by atoms with E-state index < -0.39 is 0 Å². The number of hydrogen-bond acceptors (Lipinski definition) is 2. The highest BCUT2D eigenvalue weighted by Crippen LogP contribution is 2.39. The Bertz CT molecular complexity index is 2070. The molecule has 7 aromatic carbocycles. The average molecular weight is 536 g/mol. The molecule has 7 aromatic rings. The molecule has 0 aromatic heterocycles. The molecule has 0 saturated carbocycles. The van der Waals surface area contributed by atoms with Crippen LogP contribution in [0.3, 0.4) is 0 Å². The van der Waals surface area contributed by atoms with Crippen LogP contribution in [0.25, 0.3) is 43.8 Å². The van der Waals surface area contributed by atoms with Crippen LogP contribution >= 0.6 is 0 Å². The molecule has 0 saturated heterocycles. The highest BCUT2D eigenvalue weighted by molar-refractivity contribution is 6.98. The van der Waals surface area contributed by atoms with Crippen molar-refractivity contribution >= 4 is 44.6 Å². The van der Waals surface area contributed by atoms with Gasteiger partial charge in [0.15, 0.2) is 0 Å². The first-order valence-electron chi connectivity index (χ1n) is 14.5. The Morgan fingerprint density at radius 1 is 0.452 bits per heavy atom. The van der Waals surface area contributed by atoms with Gasteiger partial charge in [-0.15, -0.1) is 0 Å². The molecule has 2 heterocycles. The maximum absolute atomic E-state index is 6.66. The van der Waals surface area contributed by atoms with Gasteiger partial charge >= 0.3 is 0 Å². The highest BCUT2D eigenvalue weighted by atomic mass is 16.5. The van der Waals surface area contributed by atoms with E-state index in [1.165, 1.54) is 43.6 Å². The van der Waals surface area contributed by atoms with E-state index in [1.54, 1.807) is 0 Å². The topological polar surface area (TPSA) is 18.5 Å².